The molecule has 1 heterocycles. The Morgan fingerprint density at radius 2 is 1.80 bits per heavy atom. The van der Waals surface area contributed by atoms with Crippen molar-refractivity contribution in [1.29, 1.82) is 0 Å². The van der Waals surface area contributed by atoms with Crippen molar-refractivity contribution in [1.82, 2.24) is 5.32 Å². The summed E-state index contributed by atoms with van der Waals surface area (Å²) in [6.45, 7) is 0. The van der Waals surface area contributed by atoms with Crippen LogP contribution < -0.4 is 10.2 Å². The van der Waals surface area contributed by atoms with Crippen LogP contribution in [-0.4, -0.2) is 34.1 Å². The summed E-state index contributed by atoms with van der Waals surface area (Å²) in [6, 6.07) is 9.06. The number of hydrogen-bond acceptors (Lipinski definition) is 5. The zero-order valence-corrected chi connectivity index (χ0v) is 8.11. The average Bonchev–Trinajstić information content (AvgIpc) is 2.17. The van der Waals surface area contributed by atoms with Gasteiger partial charge in [-0.05, 0) is 12.1 Å². The van der Waals surface area contributed by atoms with Gasteiger partial charge >= 0.3 is 0 Å². The molecule has 0 bridgehead atoms. The van der Waals surface area contributed by atoms with E-state index in [0.717, 1.165) is 0 Å². The largest absolute Gasteiger partial charge is 0.378 e. The molecule has 5 nitrogen and oxygen atoms in total. The highest BCUT2D eigenvalue weighted by molar-refractivity contribution is 5.47. The molecule has 1 aliphatic rings. The molecule has 1 aromatic carbocycles. The second-order valence-corrected chi connectivity index (χ2v) is 3.52. The monoisotopic (exact) mass is 210 g/mol. The molecule has 0 aromatic heterocycles. The van der Waals surface area contributed by atoms with Gasteiger partial charge in [0.25, 0.3) is 0 Å². The molecule has 15 heavy (non-hydrogen) atoms. The van der Waals surface area contributed by atoms with Crippen LogP contribution in [0.1, 0.15) is 6.42 Å². The SMILES string of the molecule is OC1CC(O)N(c2ccccc2)C(O)N1. The van der Waals surface area contributed by atoms with Crippen LogP contribution in [0.15, 0.2) is 30.3 Å². The highest BCUT2D eigenvalue weighted by Crippen LogP contribution is 2.22. The van der Waals surface area contributed by atoms with E-state index in [0.29, 0.717) is 5.69 Å². The summed E-state index contributed by atoms with van der Waals surface area (Å²) in [5.41, 5.74) is 0.705. The van der Waals surface area contributed by atoms with Crippen molar-refractivity contribution in [3.63, 3.8) is 0 Å². The molecule has 0 aliphatic carbocycles. The van der Waals surface area contributed by atoms with Gasteiger partial charge in [0, 0.05) is 12.1 Å². The van der Waals surface area contributed by atoms with Crippen molar-refractivity contribution in [2.45, 2.75) is 25.2 Å². The molecule has 0 saturated carbocycles. The average molecular weight is 210 g/mol. The summed E-state index contributed by atoms with van der Waals surface area (Å²) in [4.78, 5) is 1.41. The molecule has 2 rings (SSSR count). The molecule has 0 spiro atoms. The lowest BCUT2D eigenvalue weighted by molar-refractivity contribution is -0.0487. The minimum Gasteiger partial charge on any atom is -0.378 e. The van der Waals surface area contributed by atoms with E-state index in [1.807, 2.05) is 18.2 Å². The molecule has 0 radical (unpaired) electrons. The highest BCUT2D eigenvalue weighted by atomic mass is 16.4. The molecule has 82 valence electrons. The third kappa shape index (κ3) is 2.10. The van der Waals surface area contributed by atoms with E-state index in [1.54, 1.807) is 12.1 Å². The van der Waals surface area contributed by atoms with Gasteiger partial charge in [0.15, 0.2) is 6.35 Å². The Morgan fingerprint density at radius 3 is 2.40 bits per heavy atom. The lowest BCUT2D eigenvalue weighted by Crippen LogP contribution is -2.60. The van der Waals surface area contributed by atoms with E-state index >= 15 is 0 Å². The molecule has 4 N–H and O–H groups in total. The van der Waals surface area contributed by atoms with Crippen molar-refractivity contribution >= 4 is 5.69 Å². The van der Waals surface area contributed by atoms with Crippen LogP contribution in [0.4, 0.5) is 5.69 Å². The molecule has 1 aromatic rings. The van der Waals surface area contributed by atoms with Gasteiger partial charge in [-0.15, -0.1) is 0 Å². The first kappa shape index (κ1) is 10.4. The van der Waals surface area contributed by atoms with Crippen LogP contribution >= 0.6 is 0 Å². The van der Waals surface area contributed by atoms with Crippen LogP contribution in [0.5, 0.6) is 0 Å². The third-order valence-electron chi connectivity index (χ3n) is 2.41. The maximum absolute atomic E-state index is 9.73. The van der Waals surface area contributed by atoms with Gasteiger partial charge in [-0.25, -0.2) is 5.32 Å². The molecular formula is C10H14N2O3. The van der Waals surface area contributed by atoms with Crippen molar-refractivity contribution < 1.29 is 15.3 Å². The first-order chi connectivity index (χ1) is 7.18. The predicted molar refractivity (Wildman–Crippen MR) is 54.7 cm³/mol. The third-order valence-corrected chi connectivity index (χ3v) is 2.41. The van der Waals surface area contributed by atoms with E-state index in [4.69, 9.17) is 0 Å². The van der Waals surface area contributed by atoms with Crippen LogP contribution in [0.3, 0.4) is 0 Å². The van der Waals surface area contributed by atoms with Crippen LogP contribution in [-0.2, 0) is 0 Å². The van der Waals surface area contributed by atoms with E-state index in [2.05, 4.69) is 5.32 Å². The maximum Gasteiger partial charge on any atom is 0.188 e. The van der Waals surface area contributed by atoms with Gasteiger partial charge < -0.3 is 20.2 Å². The quantitative estimate of drug-likeness (QED) is 0.498. The van der Waals surface area contributed by atoms with Gasteiger partial charge in [-0.3, -0.25) is 0 Å². The molecule has 1 aliphatic heterocycles. The lowest BCUT2D eigenvalue weighted by Gasteiger charge is -2.40. The number of nitrogens with zero attached hydrogens (tertiary/aromatic N) is 1. The molecule has 3 atom stereocenters. The maximum atomic E-state index is 9.73. The summed E-state index contributed by atoms with van der Waals surface area (Å²) in [6.07, 6.45) is -2.69. The minimum absolute atomic E-state index is 0.159. The molecule has 3 unspecified atom stereocenters. The summed E-state index contributed by atoms with van der Waals surface area (Å²) >= 11 is 0. The summed E-state index contributed by atoms with van der Waals surface area (Å²) in [5.74, 6) is 0. The standard InChI is InChI=1S/C10H14N2O3/c13-8-6-9(14)12(10(15)11-8)7-4-2-1-3-5-7/h1-5,8-11,13-15H,6H2. The lowest BCUT2D eigenvalue weighted by atomic mass is 10.2. The van der Waals surface area contributed by atoms with Crippen LogP contribution in [0.2, 0.25) is 0 Å². The second-order valence-electron chi connectivity index (χ2n) is 3.52. The smallest absolute Gasteiger partial charge is 0.188 e. The van der Waals surface area contributed by atoms with Crippen molar-refractivity contribution in [3.05, 3.63) is 30.3 Å². The van der Waals surface area contributed by atoms with E-state index in [9.17, 15) is 15.3 Å². The van der Waals surface area contributed by atoms with Crippen LogP contribution in [0.25, 0.3) is 0 Å². The number of hydrogen-bond donors (Lipinski definition) is 4. The van der Waals surface area contributed by atoms with Crippen molar-refractivity contribution in [2.24, 2.45) is 0 Å². The predicted octanol–water partition coefficient (Wildman–Crippen LogP) is -0.601. The van der Waals surface area contributed by atoms with E-state index < -0.39 is 18.8 Å². The zero-order chi connectivity index (χ0) is 10.8. The Bertz CT molecular complexity index is 308. The Morgan fingerprint density at radius 1 is 1.13 bits per heavy atom. The molecule has 0 amide bonds. The number of benzene rings is 1. The van der Waals surface area contributed by atoms with Gasteiger partial charge in [0.05, 0.1) is 0 Å². The Balaban J connectivity index is 2.21. The molecular weight excluding hydrogens is 196 g/mol. The fourth-order valence-electron chi connectivity index (χ4n) is 1.71. The number of aliphatic hydroxyl groups excluding tert-OH is 3. The second kappa shape index (κ2) is 4.16. The number of nitrogens with one attached hydrogen (secondary N) is 1. The van der Waals surface area contributed by atoms with Gasteiger partial charge in [-0.1, -0.05) is 18.2 Å². The van der Waals surface area contributed by atoms with Crippen molar-refractivity contribution in [2.75, 3.05) is 4.90 Å². The Hall–Kier alpha value is -1.14. The van der Waals surface area contributed by atoms with Gasteiger partial charge in [-0.2, -0.15) is 0 Å². The first-order valence-electron chi connectivity index (χ1n) is 4.82. The Labute approximate surface area is 87.6 Å². The van der Waals surface area contributed by atoms with Gasteiger partial charge in [0.2, 0.25) is 0 Å². The Kier molecular flexibility index (Phi) is 2.88. The van der Waals surface area contributed by atoms with E-state index in [1.165, 1.54) is 4.90 Å². The minimum atomic E-state index is -1.08. The fourth-order valence-corrected chi connectivity index (χ4v) is 1.71. The van der Waals surface area contributed by atoms with Crippen molar-refractivity contribution in [3.8, 4) is 0 Å². The summed E-state index contributed by atoms with van der Waals surface area (Å²) < 4.78 is 0. The zero-order valence-electron chi connectivity index (χ0n) is 8.11. The van der Waals surface area contributed by atoms with Crippen LogP contribution in [0, 0.1) is 0 Å². The molecule has 1 saturated heterocycles. The summed E-state index contributed by atoms with van der Waals surface area (Å²) in [5, 5.41) is 31.2. The number of para-hydroxylation sites is 1. The topological polar surface area (TPSA) is 76.0 Å². The number of aliphatic hydroxyl groups is 3. The first-order valence-corrected chi connectivity index (χ1v) is 4.82. The highest BCUT2D eigenvalue weighted by Gasteiger charge is 2.31. The molecule has 5 heteroatoms. The number of anilines is 1. The fraction of sp³-hybridized carbons (Fsp3) is 0.400. The summed E-state index contributed by atoms with van der Waals surface area (Å²) in [7, 11) is 0. The van der Waals surface area contributed by atoms with E-state index in [-0.39, 0.29) is 6.42 Å². The molecule has 1 fully saturated rings. The normalized spacial score (nSPS) is 31.7. The number of rotatable bonds is 1. The van der Waals surface area contributed by atoms with Gasteiger partial charge in [0.1, 0.15) is 12.5 Å².